The molecule has 1 atom stereocenters. The van der Waals surface area contributed by atoms with Crippen LogP contribution in [0.25, 0.3) is 0 Å². The second-order valence-corrected chi connectivity index (χ2v) is 6.29. The fraction of sp³-hybridized carbons (Fsp3) is 0.130. The number of esters is 1. The molecule has 0 unspecified atom stereocenters. The van der Waals surface area contributed by atoms with E-state index in [1.165, 1.54) is 0 Å². The number of benzene rings is 3. The molecular formula is C23H20O3. The van der Waals surface area contributed by atoms with Gasteiger partial charge in [-0.25, -0.2) is 4.79 Å². The summed E-state index contributed by atoms with van der Waals surface area (Å²) in [5, 5.41) is 0. The van der Waals surface area contributed by atoms with Gasteiger partial charge in [0.2, 0.25) is 5.78 Å². The minimum absolute atomic E-state index is 0.238. The van der Waals surface area contributed by atoms with Gasteiger partial charge in [-0.3, -0.25) is 4.79 Å². The lowest BCUT2D eigenvalue weighted by Crippen LogP contribution is -2.20. The Bertz CT molecular complexity index is 894. The molecule has 0 amide bonds. The van der Waals surface area contributed by atoms with Gasteiger partial charge in [0.05, 0.1) is 5.56 Å². The van der Waals surface area contributed by atoms with Crippen LogP contribution in [-0.4, -0.2) is 11.8 Å². The number of rotatable bonds is 5. The van der Waals surface area contributed by atoms with Crippen molar-refractivity contribution in [1.29, 1.82) is 0 Å². The van der Waals surface area contributed by atoms with E-state index in [0.717, 1.165) is 11.1 Å². The number of carbonyl (C=O) groups is 2. The number of aryl methyl sites for hydroxylation is 2. The zero-order valence-electron chi connectivity index (χ0n) is 14.8. The van der Waals surface area contributed by atoms with Crippen LogP contribution in [0.5, 0.6) is 0 Å². The molecule has 3 nitrogen and oxygen atoms in total. The molecule has 130 valence electrons. The minimum atomic E-state index is -0.981. The van der Waals surface area contributed by atoms with Crippen molar-refractivity contribution in [2.45, 2.75) is 20.0 Å². The summed E-state index contributed by atoms with van der Waals surface area (Å²) in [6, 6.07) is 23.4. The third-order valence-electron chi connectivity index (χ3n) is 4.19. The molecule has 0 aromatic heterocycles. The topological polar surface area (TPSA) is 43.4 Å². The Labute approximate surface area is 153 Å². The molecule has 3 rings (SSSR count). The quantitative estimate of drug-likeness (QED) is 0.478. The molecule has 3 heteroatoms. The van der Waals surface area contributed by atoms with Crippen LogP contribution in [0.1, 0.15) is 43.5 Å². The van der Waals surface area contributed by atoms with E-state index in [9.17, 15) is 9.59 Å². The molecule has 3 aromatic carbocycles. The maximum absolute atomic E-state index is 13.0. The zero-order valence-corrected chi connectivity index (χ0v) is 14.8. The molecule has 0 spiro atoms. The van der Waals surface area contributed by atoms with Gasteiger partial charge in [0, 0.05) is 11.1 Å². The summed E-state index contributed by atoms with van der Waals surface area (Å²) in [5.74, 6) is -0.755. The van der Waals surface area contributed by atoms with E-state index in [-0.39, 0.29) is 5.78 Å². The van der Waals surface area contributed by atoms with Crippen LogP contribution in [0.4, 0.5) is 0 Å². The van der Waals surface area contributed by atoms with E-state index < -0.39 is 12.1 Å². The van der Waals surface area contributed by atoms with Crippen molar-refractivity contribution in [3.63, 3.8) is 0 Å². The zero-order chi connectivity index (χ0) is 18.5. The van der Waals surface area contributed by atoms with Gasteiger partial charge in [0.1, 0.15) is 0 Å². The van der Waals surface area contributed by atoms with Gasteiger partial charge in [-0.15, -0.1) is 0 Å². The highest BCUT2D eigenvalue weighted by molar-refractivity contribution is 6.02. The third-order valence-corrected chi connectivity index (χ3v) is 4.19. The Morgan fingerprint density at radius 3 is 1.81 bits per heavy atom. The number of carbonyl (C=O) groups excluding carboxylic acids is 2. The molecule has 0 saturated heterocycles. The number of hydrogen-bond acceptors (Lipinski definition) is 3. The van der Waals surface area contributed by atoms with Crippen molar-refractivity contribution >= 4 is 11.8 Å². The van der Waals surface area contributed by atoms with E-state index in [1.807, 2.05) is 56.3 Å². The first kappa shape index (κ1) is 17.6. The highest BCUT2D eigenvalue weighted by Crippen LogP contribution is 2.25. The number of Topliss-reactive ketones (excluding diaryl/α,β-unsaturated/α-hetero) is 1. The maximum atomic E-state index is 13.0. The molecule has 26 heavy (non-hydrogen) atoms. The first-order chi connectivity index (χ1) is 12.5. The minimum Gasteiger partial charge on any atom is -0.445 e. The molecule has 0 fully saturated rings. The molecular weight excluding hydrogens is 324 g/mol. The Kier molecular flexibility index (Phi) is 5.28. The summed E-state index contributed by atoms with van der Waals surface area (Å²) in [6.07, 6.45) is -0.981. The van der Waals surface area contributed by atoms with Crippen molar-refractivity contribution in [2.24, 2.45) is 0 Å². The SMILES string of the molecule is Cc1ccc(C(=O)[C@H](OC(=O)c2ccccc2)c2ccc(C)cc2)cc1. The smallest absolute Gasteiger partial charge is 0.339 e. The fourth-order valence-electron chi connectivity index (χ4n) is 2.63. The first-order valence-corrected chi connectivity index (χ1v) is 8.48. The third kappa shape index (κ3) is 4.06. The lowest BCUT2D eigenvalue weighted by molar-refractivity contribution is 0.0280. The monoisotopic (exact) mass is 344 g/mol. The maximum Gasteiger partial charge on any atom is 0.339 e. The summed E-state index contributed by atoms with van der Waals surface area (Å²) >= 11 is 0. The average Bonchev–Trinajstić information content (AvgIpc) is 2.67. The predicted octanol–water partition coefficient (Wildman–Crippen LogP) is 5.08. The molecule has 0 saturated carbocycles. The molecule has 3 aromatic rings. The average molecular weight is 344 g/mol. The summed E-state index contributed by atoms with van der Waals surface area (Å²) in [5.41, 5.74) is 3.73. The van der Waals surface area contributed by atoms with Gasteiger partial charge in [-0.05, 0) is 26.0 Å². The molecule has 0 radical (unpaired) electrons. The lowest BCUT2D eigenvalue weighted by Gasteiger charge is -2.18. The van der Waals surface area contributed by atoms with Crippen molar-refractivity contribution < 1.29 is 14.3 Å². The van der Waals surface area contributed by atoms with Crippen LogP contribution in [-0.2, 0) is 4.74 Å². The molecule has 0 N–H and O–H groups in total. The fourth-order valence-corrected chi connectivity index (χ4v) is 2.63. The number of hydrogen-bond donors (Lipinski definition) is 0. The second kappa shape index (κ2) is 7.79. The van der Waals surface area contributed by atoms with Crippen LogP contribution >= 0.6 is 0 Å². The van der Waals surface area contributed by atoms with E-state index >= 15 is 0 Å². The Hall–Kier alpha value is -3.20. The van der Waals surface area contributed by atoms with Crippen molar-refractivity contribution in [2.75, 3.05) is 0 Å². The number of ether oxygens (including phenoxy) is 1. The van der Waals surface area contributed by atoms with Gasteiger partial charge in [0.25, 0.3) is 0 Å². The van der Waals surface area contributed by atoms with E-state index in [4.69, 9.17) is 4.74 Å². The molecule has 0 aliphatic carbocycles. The molecule has 0 aliphatic heterocycles. The van der Waals surface area contributed by atoms with Crippen LogP contribution in [0.2, 0.25) is 0 Å². The second-order valence-electron chi connectivity index (χ2n) is 6.29. The highest BCUT2D eigenvalue weighted by atomic mass is 16.5. The predicted molar refractivity (Wildman–Crippen MR) is 101 cm³/mol. The Morgan fingerprint density at radius 2 is 1.23 bits per heavy atom. The summed E-state index contributed by atoms with van der Waals surface area (Å²) in [4.78, 5) is 25.5. The van der Waals surface area contributed by atoms with E-state index in [0.29, 0.717) is 16.7 Å². The summed E-state index contributed by atoms with van der Waals surface area (Å²) in [7, 11) is 0. The van der Waals surface area contributed by atoms with Gasteiger partial charge >= 0.3 is 5.97 Å². The summed E-state index contributed by atoms with van der Waals surface area (Å²) < 4.78 is 5.62. The Morgan fingerprint density at radius 1 is 0.692 bits per heavy atom. The normalized spacial score (nSPS) is 11.6. The highest BCUT2D eigenvalue weighted by Gasteiger charge is 2.26. The van der Waals surface area contributed by atoms with Crippen LogP contribution in [0.3, 0.4) is 0 Å². The van der Waals surface area contributed by atoms with Crippen LogP contribution < -0.4 is 0 Å². The van der Waals surface area contributed by atoms with E-state index in [1.54, 1.807) is 36.4 Å². The van der Waals surface area contributed by atoms with Gasteiger partial charge in [-0.2, -0.15) is 0 Å². The lowest BCUT2D eigenvalue weighted by atomic mass is 9.98. The Balaban J connectivity index is 1.93. The standard InChI is InChI=1S/C23H20O3/c1-16-8-12-18(13-9-16)21(24)22(19-14-10-17(2)11-15-19)26-23(25)20-6-4-3-5-7-20/h3-15,22H,1-2H3/t22-/m1/s1. The van der Waals surface area contributed by atoms with Crippen molar-refractivity contribution in [3.05, 3.63) is 107 Å². The molecule has 0 bridgehead atoms. The van der Waals surface area contributed by atoms with Crippen molar-refractivity contribution in [1.82, 2.24) is 0 Å². The van der Waals surface area contributed by atoms with Crippen LogP contribution in [0, 0.1) is 13.8 Å². The first-order valence-electron chi connectivity index (χ1n) is 8.48. The van der Waals surface area contributed by atoms with Gasteiger partial charge < -0.3 is 4.74 Å². The van der Waals surface area contributed by atoms with Crippen LogP contribution in [0.15, 0.2) is 78.9 Å². The number of ketones is 1. The van der Waals surface area contributed by atoms with Gasteiger partial charge in [-0.1, -0.05) is 77.9 Å². The van der Waals surface area contributed by atoms with Gasteiger partial charge in [0.15, 0.2) is 6.10 Å². The van der Waals surface area contributed by atoms with E-state index in [2.05, 4.69) is 0 Å². The largest absolute Gasteiger partial charge is 0.445 e. The molecule has 0 aliphatic rings. The summed E-state index contributed by atoms with van der Waals surface area (Å²) in [6.45, 7) is 3.93. The van der Waals surface area contributed by atoms with Crippen molar-refractivity contribution in [3.8, 4) is 0 Å². The molecule has 0 heterocycles.